The summed E-state index contributed by atoms with van der Waals surface area (Å²) in [5.74, 6) is -2.43. The Morgan fingerprint density at radius 2 is 1.86 bits per heavy atom. The minimum atomic E-state index is -1.02. The van der Waals surface area contributed by atoms with E-state index in [1.165, 1.54) is 24.4 Å². The maximum absolute atomic E-state index is 13.3. The van der Waals surface area contributed by atoms with Gasteiger partial charge in [-0.3, -0.25) is 4.79 Å². The minimum absolute atomic E-state index is 0.135. The van der Waals surface area contributed by atoms with Gasteiger partial charge >= 0.3 is 5.97 Å². The second-order valence-electron chi connectivity index (χ2n) is 4.31. The number of carboxylic acids is 1. The monoisotopic (exact) mass is 288 g/mol. The number of carbonyl (C=O) groups is 2. The molecule has 0 aliphatic heterocycles. The summed E-state index contributed by atoms with van der Waals surface area (Å²) in [6, 6.07) is 9.35. The van der Waals surface area contributed by atoms with Crippen molar-refractivity contribution in [1.82, 2.24) is 10.3 Å². The van der Waals surface area contributed by atoms with Crippen molar-refractivity contribution in [2.24, 2.45) is 0 Å². The van der Waals surface area contributed by atoms with E-state index in [0.717, 1.165) is 0 Å². The number of amides is 1. The van der Waals surface area contributed by atoms with Crippen molar-refractivity contribution in [2.75, 3.05) is 6.54 Å². The van der Waals surface area contributed by atoms with Gasteiger partial charge in [-0.15, -0.1) is 0 Å². The Kier molecular flexibility index (Phi) is 4.61. The fourth-order valence-corrected chi connectivity index (χ4v) is 1.91. The Hall–Kier alpha value is -2.76. The average Bonchev–Trinajstić information content (AvgIpc) is 2.48. The van der Waals surface area contributed by atoms with Gasteiger partial charge in [0.15, 0.2) is 0 Å². The van der Waals surface area contributed by atoms with Gasteiger partial charge < -0.3 is 10.4 Å². The van der Waals surface area contributed by atoms with Crippen LogP contribution in [0.1, 0.15) is 26.3 Å². The maximum Gasteiger partial charge on any atom is 0.335 e. The molecular weight excluding hydrogens is 275 g/mol. The van der Waals surface area contributed by atoms with Crippen LogP contribution in [0, 0.1) is 5.95 Å². The number of nitrogens with one attached hydrogen (secondary N) is 1. The Balaban J connectivity index is 1.98. The quantitative estimate of drug-likeness (QED) is 0.823. The molecule has 21 heavy (non-hydrogen) atoms. The summed E-state index contributed by atoms with van der Waals surface area (Å²) in [5, 5.41) is 11.6. The van der Waals surface area contributed by atoms with Crippen molar-refractivity contribution in [2.45, 2.75) is 6.42 Å². The van der Waals surface area contributed by atoms with E-state index in [0.29, 0.717) is 12.0 Å². The molecule has 1 heterocycles. The number of pyridine rings is 1. The lowest BCUT2D eigenvalue weighted by Gasteiger charge is -2.08. The molecule has 1 aromatic heterocycles. The van der Waals surface area contributed by atoms with Gasteiger partial charge in [0.25, 0.3) is 5.91 Å². The number of carboxylic acid groups (broad SMARTS) is 1. The van der Waals surface area contributed by atoms with E-state index >= 15 is 0 Å². The van der Waals surface area contributed by atoms with Crippen molar-refractivity contribution in [3.8, 4) is 0 Å². The molecule has 108 valence electrons. The Labute approximate surface area is 120 Å². The largest absolute Gasteiger partial charge is 0.478 e. The molecule has 1 amide bonds. The summed E-state index contributed by atoms with van der Waals surface area (Å²) in [6.45, 7) is 0.206. The number of aromatic carboxylic acids is 1. The zero-order valence-corrected chi connectivity index (χ0v) is 11.0. The standard InChI is InChI=1S/C15H13FN2O3/c16-13-12(6-3-8-17-13)14(19)18-9-7-10-4-1-2-5-11(10)15(20)21/h1-6,8H,7,9H2,(H,18,19)(H,20,21). The van der Waals surface area contributed by atoms with E-state index in [1.807, 2.05) is 0 Å². The lowest BCUT2D eigenvalue weighted by molar-refractivity contribution is 0.0695. The fraction of sp³-hybridized carbons (Fsp3) is 0.133. The number of carbonyl (C=O) groups excluding carboxylic acids is 1. The first-order valence-corrected chi connectivity index (χ1v) is 6.29. The van der Waals surface area contributed by atoms with E-state index in [2.05, 4.69) is 10.3 Å². The first-order chi connectivity index (χ1) is 10.1. The van der Waals surface area contributed by atoms with Gasteiger partial charge in [-0.1, -0.05) is 18.2 Å². The molecule has 0 radical (unpaired) electrons. The average molecular weight is 288 g/mol. The molecule has 1 aromatic carbocycles. The molecule has 0 saturated heterocycles. The van der Waals surface area contributed by atoms with Gasteiger partial charge in [0.2, 0.25) is 5.95 Å². The summed E-state index contributed by atoms with van der Waals surface area (Å²) >= 11 is 0. The number of hydrogen-bond donors (Lipinski definition) is 2. The van der Waals surface area contributed by atoms with Crippen LogP contribution in [-0.4, -0.2) is 28.5 Å². The third-order valence-corrected chi connectivity index (χ3v) is 2.93. The number of nitrogens with zero attached hydrogens (tertiary/aromatic N) is 1. The Morgan fingerprint density at radius 3 is 2.57 bits per heavy atom. The van der Waals surface area contributed by atoms with Crippen LogP contribution in [0.3, 0.4) is 0 Å². The first kappa shape index (κ1) is 14.6. The van der Waals surface area contributed by atoms with Crippen molar-refractivity contribution in [1.29, 1.82) is 0 Å². The molecule has 5 nitrogen and oxygen atoms in total. The minimum Gasteiger partial charge on any atom is -0.478 e. The van der Waals surface area contributed by atoms with E-state index in [9.17, 15) is 14.0 Å². The third-order valence-electron chi connectivity index (χ3n) is 2.93. The van der Waals surface area contributed by atoms with Crippen molar-refractivity contribution >= 4 is 11.9 Å². The van der Waals surface area contributed by atoms with E-state index in [4.69, 9.17) is 5.11 Å². The summed E-state index contributed by atoms with van der Waals surface area (Å²) in [6.07, 6.45) is 1.60. The van der Waals surface area contributed by atoms with Gasteiger partial charge in [-0.05, 0) is 30.2 Å². The van der Waals surface area contributed by atoms with Gasteiger partial charge in [-0.25, -0.2) is 9.78 Å². The SMILES string of the molecule is O=C(O)c1ccccc1CCNC(=O)c1cccnc1F. The number of rotatable bonds is 5. The summed E-state index contributed by atoms with van der Waals surface area (Å²) < 4.78 is 13.3. The lowest BCUT2D eigenvalue weighted by atomic mass is 10.0. The molecule has 2 N–H and O–H groups in total. The van der Waals surface area contributed by atoms with Gasteiger partial charge in [-0.2, -0.15) is 4.39 Å². The third kappa shape index (κ3) is 3.62. The highest BCUT2D eigenvalue weighted by Crippen LogP contribution is 2.09. The predicted molar refractivity (Wildman–Crippen MR) is 73.6 cm³/mol. The zero-order chi connectivity index (χ0) is 15.2. The number of hydrogen-bond acceptors (Lipinski definition) is 3. The van der Waals surface area contributed by atoms with E-state index in [-0.39, 0.29) is 17.7 Å². The number of benzene rings is 1. The first-order valence-electron chi connectivity index (χ1n) is 6.29. The molecule has 0 saturated carbocycles. The Bertz CT molecular complexity index is 673. The van der Waals surface area contributed by atoms with Crippen LogP contribution < -0.4 is 5.32 Å². The van der Waals surface area contributed by atoms with Crippen molar-refractivity contribution in [3.63, 3.8) is 0 Å². The molecule has 0 spiro atoms. The summed E-state index contributed by atoms with van der Waals surface area (Å²) in [4.78, 5) is 26.2. The fourth-order valence-electron chi connectivity index (χ4n) is 1.91. The normalized spacial score (nSPS) is 10.1. The highest BCUT2D eigenvalue weighted by Gasteiger charge is 2.12. The topological polar surface area (TPSA) is 79.3 Å². The Morgan fingerprint density at radius 1 is 1.14 bits per heavy atom. The summed E-state index contributed by atoms with van der Waals surface area (Å²) in [7, 11) is 0. The van der Waals surface area contributed by atoms with Crippen LogP contribution in [0.25, 0.3) is 0 Å². The van der Waals surface area contributed by atoms with Crippen LogP contribution in [-0.2, 0) is 6.42 Å². The zero-order valence-electron chi connectivity index (χ0n) is 11.0. The van der Waals surface area contributed by atoms with E-state index < -0.39 is 17.8 Å². The van der Waals surface area contributed by atoms with Crippen LogP contribution in [0.2, 0.25) is 0 Å². The van der Waals surface area contributed by atoms with Gasteiger partial charge in [0, 0.05) is 12.7 Å². The van der Waals surface area contributed by atoms with Crippen LogP contribution in [0.4, 0.5) is 4.39 Å². The number of halogens is 1. The highest BCUT2D eigenvalue weighted by atomic mass is 19.1. The second kappa shape index (κ2) is 6.60. The molecule has 0 fully saturated rings. The predicted octanol–water partition coefficient (Wildman–Crippen LogP) is 1.89. The van der Waals surface area contributed by atoms with Gasteiger partial charge in [0.05, 0.1) is 11.1 Å². The molecular formula is C15H13FN2O3. The van der Waals surface area contributed by atoms with Crippen molar-refractivity contribution in [3.05, 3.63) is 65.2 Å². The van der Waals surface area contributed by atoms with Gasteiger partial charge in [0.1, 0.15) is 0 Å². The second-order valence-corrected chi connectivity index (χ2v) is 4.31. The lowest BCUT2D eigenvalue weighted by Crippen LogP contribution is -2.27. The molecule has 0 atom stereocenters. The van der Waals surface area contributed by atoms with Crippen LogP contribution in [0.5, 0.6) is 0 Å². The van der Waals surface area contributed by atoms with E-state index in [1.54, 1.807) is 18.2 Å². The smallest absolute Gasteiger partial charge is 0.335 e. The summed E-state index contributed by atoms with van der Waals surface area (Å²) in [5.41, 5.74) is 0.667. The van der Waals surface area contributed by atoms with Crippen LogP contribution in [0.15, 0.2) is 42.6 Å². The molecule has 6 heteroatoms. The molecule has 0 bridgehead atoms. The molecule has 2 rings (SSSR count). The molecule has 0 aliphatic carbocycles. The molecule has 2 aromatic rings. The van der Waals surface area contributed by atoms with Crippen LogP contribution >= 0.6 is 0 Å². The molecule has 0 aliphatic rings. The van der Waals surface area contributed by atoms with Crippen molar-refractivity contribution < 1.29 is 19.1 Å². The molecule has 0 unspecified atom stereocenters. The number of aromatic nitrogens is 1. The maximum atomic E-state index is 13.3. The highest BCUT2D eigenvalue weighted by molar-refractivity contribution is 5.94.